The normalized spacial score (nSPS) is 36.2. The zero-order valence-corrected chi connectivity index (χ0v) is 8.45. The van der Waals surface area contributed by atoms with Gasteiger partial charge in [-0.25, -0.2) is 0 Å². The topological polar surface area (TPSA) is 61.3 Å². The molecule has 2 unspecified atom stereocenters. The van der Waals surface area contributed by atoms with Crippen LogP contribution in [0, 0.1) is 11.8 Å². The van der Waals surface area contributed by atoms with Crippen molar-refractivity contribution in [3.63, 3.8) is 0 Å². The summed E-state index contributed by atoms with van der Waals surface area (Å²) in [5.74, 6) is 3.08. The number of ether oxygens (including phenoxy) is 1. The van der Waals surface area contributed by atoms with Crippen LogP contribution in [0.2, 0.25) is 0 Å². The second kappa shape index (κ2) is 2.48. The molecule has 1 aromatic heterocycles. The van der Waals surface area contributed by atoms with E-state index in [0.717, 1.165) is 23.4 Å². The molecule has 1 saturated heterocycles. The maximum absolute atomic E-state index is 5.57. The van der Waals surface area contributed by atoms with Gasteiger partial charge in [-0.2, -0.15) is 0 Å². The second-order valence-corrected chi connectivity index (χ2v) is 4.43. The Morgan fingerprint density at radius 1 is 1.38 bits per heavy atom. The summed E-state index contributed by atoms with van der Waals surface area (Å²) in [7, 11) is 0. The molecule has 1 aliphatic heterocycles. The highest BCUT2D eigenvalue weighted by atomic mass is 79.9. The van der Waals surface area contributed by atoms with Crippen molar-refractivity contribution in [3.05, 3.63) is 10.2 Å². The first-order valence-corrected chi connectivity index (χ1v) is 5.06. The van der Waals surface area contributed by atoms with Crippen molar-refractivity contribution in [1.82, 2.24) is 5.16 Å². The van der Waals surface area contributed by atoms with Gasteiger partial charge in [0.2, 0.25) is 0 Å². The minimum absolute atomic E-state index is 0.445. The van der Waals surface area contributed by atoms with Crippen LogP contribution >= 0.6 is 15.9 Å². The van der Waals surface area contributed by atoms with Gasteiger partial charge in [-0.3, -0.25) is 0 Å². The Morgan fingerprint density at radius 3 is 2.62 bits per heavy atom. The van der Waals surface area contributed by atoms with E-state index in [-0.39, 0.29) is 0 Å². The number of halogens is 1. The minimum atomic E-state index is 0.445. The molecule has 1 aliphatic carbocycles. The van der Waals surface area contributed by atoms with Gasteiger partial charge in [-0.1, -0.05) is 5.16 Å². The molecule has 0 spiro atoms. The number of nitrogen functional groups attached to an aromatic ring is 1. The first-order valence-electron chi connectivity index (χ1n) is 4.27. The standard InChI is InChI=1S/C8H9BrN2O2/c9-6-7(13-11-8(6)10)5-3-1-12-2-4(3)5/h3-5H,1-2H2,(H2,10,11). The molecular formula is C8H9BrN2O2. The van der Waals surface area contributed by atoms with Crippen LogP contribution in [-0.2, 0) is 4.74 Å². The molecule has 70 valence electrons. The predicted octanol–water partition coefficient (Wildman–Crippen LogP) is 1.38. The highest BCUT2D eigenvalue weighted by molar-refractivity contribution is 9.10. The van der Waals surface area contributed by atoms with Crippen LogP contribution in [0.5, 0.6) is 0 Å². The second-order valence-electron chi connectivity index (χ2n) is 3.64. The molecule has 2 heterocycles. The molecule has 4 nitrogen and oxygen atoms in total. The smallest absolute Gasteiger partial charge is 0.181 e. The lowest BCUT2D eigenvalue weighted by Gasteiger charge is -1.99. The SMILES string of the molecule is Nc1noc(C2C3COCC32)c1Br. The number of aromatic nitrogens is 1. The van der Waals surface area contributed by atoms with Gasteiger partial charge in [0.25, 0.3) is 0 Å². The molecular weight excluding hydrogens is 236 g/mol. The predicted molar refractivity (Wildman–Crippen MR) is 49.2 cm³/mol. The molecule has 0 aromatic carbocycles. The summed E-state index contributed by atoms with van der Waals surface area (Å²) in [4.78, 5) is 0. The van der Waals surface area contributed by atoms with Crippen LogP contribution in [0.1, 0.15) is 11.7 Å². The fourth-order valence-corrected chi connectivity index (χ4v) is 2.55. The third-order valence-electron chi connectivity index (χ3n) is 2.94. The van der Waals surface area contributed by atoms with E-state index in [1.807, 2.05) is 0 Å². The molecule has 5 heteroatoms. The monoisotopic (exact) mass is 244 g/mol. The van der Waals surface area contributed by atoms with Gasteiger partial charge in [-0.05, 0) is 27.8 Å². The molecule has 1 saturated carbocycles. The number of hydrogen-bond donors (Lipinski definition) is 1. The maximum atomic E-state index is 5.57. The molecule has 2 N–H and O–H groups in total. The summed E-state index contributed by atoms with van der Waals surface area (Å²) in [6.07, 6.45) is 0. The Morgan fingerprint density at radius 2 is 2.08 bits per heavy atom. The zero-order chi connectivity index (χ0) is 9.00. The van der Waals surface area contributed by atoms with E-state index in [1.165, 1.54) is 0 Å². The number of anilines is 1. The summed E-state index contributed by atoms with van der Waals surface area (Å²) in [5, 5.41) is 3.72. The van der Waals surface area contributed by atoms with Gasteiger partial charge in [0.15, 0.2) is 11.6 Å². The fourth-order valence-electron chi connectivity index (χ4n) is 2.14. The molecule has 2 fully saturated rings. The summed E-state index contributed by atoms with van der Waals surface area (Å²) in [5.41, 5.74) is 5.57. The number of nitrogens with two attached hydrogens (primary N) is 1. The number of fused-ring (bicyclic) bond motifs is 1. The quantitative estimate of drug-likeness (QED) is 0.811. The first kappa shape index (κ1) is 7.82. The third-order valence-corrected chi connectivity index (χ3v) is 3.74. The van der Waals surface area contributed by atoms with Gasteiger partial charge in [0.05, 0.1) is 13.2 Å². The van der Waals surface area contributed by atoms with Crippen LogP contribution in [0.3, 0.4) is 0 Å². The van der Waals surface area contributed by atoms with Crippen molar-refractivity contribution in [2.75, 3.05) is 18.9 Å². The lowest BCUT2D eigenvalue weighted by atomic mass is 10.2. The van der Waals surface area contributed by atoms with E-state index in [1.54, 1.807) is 0 Å². The van der Waals surface area contributed by atoms with Crippen LogP contribution in [0.25, 0.3) is 0 Å². The molecule has 2 aliphatic rings. The molecule has 2 atom stereocenters. The van der Waals surface area contributed by atoms with Crippen LogP contribution in [-0.4, -0.2) is 18.4 Å². The molecule has 0 amide bonds. The molecule has 1 aromatic rings. The van der Waals surface area contributed by atoms with Gasteiger partial charge < -0.3 is 15.0 Å². The molecule has 3 rings (SSSR count). The Kier molecular flexibility index (Phi) is 1.49. The first-order chi connectivity index (χ1) is 6.29. The van der Waals surface area contributed by atoms with Gasteiger partial charge in [0, 0.05) is 5.92 Å². The van der Waals surface area contributed by atoms with E-state index in [2.05, 4.69) is 21.1 Å². The number of nitrogens with zero attached hydrogens (tertiary/aromatic N) is 1. The van der Waals surface area contributed by atoms with E-state index in [0.29, 0.717) is 23.6 Å². The van der Waals surface area contributed by atoms with Gasteiger partial charge in [0.1, 0.15) is 4.47 Å². The average molecular weight is 245 g/mol. The summed E-state index contributed by atoms with van der Waals surface area (Å²) >= 11 is 3.38. The van der Waals surface area contributed by atoms with Gasteiger partial charge >= 0.3 is 0 Å². The Hall–Kier alpha value is -0.550. The summed E-state index contributed by atoms with van der Waals surface area (Å²) < 4.78 is 11.3. The molecule has 0 radical (unpaired) electrons. The molecule has 0 bridgehead atoms. The number of hydrogen-bond acceptors (Lipinski definition) is 4. The van der Waals surface area contributed by atoms with Gasteiger partial charge in [-0.15, -0.1) is 0 Å². The van der Waals surface area contributed by atoms with Crippen LogP contribution < -0.4 is 5.73 Å². The Labute approximate surface area is 83.5 Å². The van der Waals surface area contributed by atoms with Crippen molar-refractivity contribution in [3.8, 4) is 0 Å². The van der Waals surface area contributed by atoms with Crippen molar-refractivity contribution in [2.24, 2.45) is 11.8 Å². The van der Waals surface area contributed by atoms with Crippen molar-refractivity contribution >= 4 is 21.7 Å². The van der Waals surface area contributed by atoms with Crippen LogP contribution in [0.15, 0.2) is 9.00 Å². The third kappa shape index (κ3) is 0.971. The van der Waals surface area contributed by atoms with Crippen LogP contribution in [0.4, 0.5) is 5.82 Å². The average Bonchev–Trinajstić information content (AvgIpc) is 2.49. The zero-order valence-electron chi connectivity index (χ0n) is 6.87. The Bertz CT molecular complexity index is 342. The largest absolute Gasteiger partial charge is 0.381 e. The Balaban J connectivity index is 1.91. The summed E-state index contributed by atoms with van der Waals surface area (Å²) in [6, 6.07) is 0. The highest BCUT2D eigenvalue weighted by Crippen LogP contribution is 2.59. The fraction of sp³-hybridized carbons (Fsp3) is 0.625. The maximum Gasteiger partial charge on any atom is 0.181 e. The van der Waals surface area contributed by atoms with Crippen molar-refractivity contribution < 1.29 is 9.26 Å². The minimum Gasteiger partial charge on any atom is -0.381 e. The highest BCUT2D eigenvalue weighted by Gasteiger charge is 2.57. The van der Waals surface area contributed by atoms with E-state index < -0.39 is 0 Å². The summed E-state index contributed by atoms with van der Waals surface area (Å²) in [6.45, 7) is 1.70. The lowest BCUT2D eigenvalue weighted by Crippen LogP contribution is -1.96. The van der Waals surface area contributed by atoms with E-state index in [9.17, 15) is 0 Å². The van der Waals surface area contributed by atoms with E-state index in [4.69, 9.17) is 15.0 Å². The number of rotatable bonds is 1. The van der Waals surface area contributed by atoms with E-state index >= 15 is 0 Å². The molecule has 13 heavy (non-hydrogen) atoms. The van der Waals surface area contributed by atoms with Crippen molar-refractivity contribution in [2.45, 2.75) is 5.92 Å². The van der Waals surface area contributed by atoms with Crippen molar-refractivity contribution in [1.29, 1.82) is 0 Å². The lowest BCUT2D eigenvalue weighted by molar-refractivity contribution is 0.156.